The van der Waals surface area contributed by atoms with E-state index in [0.717, 1.165) is 17.0 Å². The molecule has 1 rings (SSSR count). The zero-order chi connectivity index (χ0) is 15.3. The molecule has 20 heavy (non-hydrogen) atoms. The van der Waals surface area contributed by atoms with Crippen molar-refractivity contribution in [2.24, 2.45) is 0 Å². The summed E-state index contributed by atoms with van der Waals surface area (Å²) in [6, 6.07) is 1.64. The number of H-pyrrole nitrogens is 1. The number of carbonyl (C=O) groups is 1. The van der Waals surface area contributed by atoms with Gasteiger partial charge in [-0.25, -0.2) is 5.10 Å². The lowest BCUT2D eigenvalue weighted by Gasteiger charge is -2.30. The second kappa shape index (κ2) is 6.53. The molecule has 1 amide bonds. The summed E-state index contributed by atoms with van der Waals surface area (Å²) >= 11 is 0. The van der Waals surface area contributed by atoms with Crippen LogP contribution >= 0.6 is 0 Å². The highest BCUT2D eigenvalue weighted by molar-refractivity contribution is 5.92. The number of amides is 1. The molecular formula is C12H16F3N3O2. The maximum absolute atomic E-state index is 12.6. The summed E-state index contributed by atoms with van der Waals surface area (Å²) in [5.41, 5.74) is -0.729. The quantitative estimate of drug-likeness (QED) is 0.902. The van der Waals surface area contributed by atoms with Crippen LogP contribution < -0.4 is 5.56 Å². The third-order valence-electron chi connectivity index (χ3n) is 2.89. The van der Waals surface area contributed by atoms with E-state index in [1.54, 1.807) is 13.8 Å². The Morgan fingerprint density at radius 2 is 1.95 bits per heavy atom. The lowest BCUT2D eigenvalue weighted by atomic mass is 10.1. The first-order valence-corrected chi connectivity index (χ1v) is 6.22. The molecule has 0 saturated heterocycles. The van der Waals surface area contributed by atoms with Crippen LogP contribution in [0.4, 0.5) is 13.2 Å². The topological polar surface area (TPSA) is 66.1 Å². The molecule has 0 bridgehead atoms. The number of alkyl halides is 3. The first-order chi connectivity index (χ1) is 9.28. The van der Waals surface area contributed by atoms with Gasteiger partial charge in [-0.2, -0.15) is 18.3 Å². The van der Waals surface area contributed by atoms with E-state index in [1.807, 2.05) is 5.10 Å². The molecule has 0 aliphatic carbocycles. The van der Waals surface area contributed by atoms with E-state index in [0.29, 0.717) is 12.8 Å². The number of nitrogens with one attached hydrogen (secondary N) is 1. The summed E-state index contributed by atoms with van der Waals surface area (Å²) < 4.78 is 37.8. The average Bonchev–Trinajstić information content (AvgIpc) is 2.37. The van der Waals surface area contributed by atoms with Gasteiger partial charge in [-0.1, -0.05) is 13.8 Å². The van der Waals surface area contributed by atoms with Gasteiger partial charge in [-0.05, 0) is 18.9 Å². The second-order valence-corrected chi connectivity index (χ2v) is 4.32. The first kappa shape index (κ1) is 16.2. The maximum Gasteiger partial charge on any atom is 0.406 e. The van der Waals surface area contributed by atoms with Gasteiger partial charge in [0.1, 0.15) is 12.2 Å². The highest BCUT2D eigenvalue weighted by atomic mass is 19.4. The van der Waals surface area contributed by atoms with Gasteiger partial charge in [0.2, 0.25) is 0 Å². The molecule has 0 saturated carbocycles. The number of hydrogen-bond acceptors (Lipinski definition) is 3. The fourth-order valence-electron chi connectivity index (χ4n) is 1.90. The average molecular weight is 291 g/mol. The summed E-state index contributed by atoms with van der Waals surface area (Å²) in [6.07, 6.45) is -3.68. The molecule has 8 heteroatoms. The van der Waals surface area contributed by atoms with Crippen molar-refractivity contribution in [3.8, 4) is 0 Å². The van der Waals surface area contributed by atoms with E-state index in [9.17, 15) is 22.8 Å². The summed E-state index contributed by atoms with van der Waals surface area (Å²) in [7, 11) is 0. The summed E-state index contributed by atoms with van der Waals surface area (Å²) in [5.74, 6) is -0.840. The van der Waals surface area contributed by atoms with E-state index in [-0.39, 0.29) is 5.69 Å². The lowest BCUT2D eigenvalue weighted by molar-refractivity contribution is -0.145. The Labute approximate surface area is 113 Å². The normalized spacial score (nSPS) is 11.7. The largest absolute Gasteiger partial charge is 0.406 e. The molecule has 5 nitrogen and oxygen atoms in total. The minimum Gasteiger partial charge on any atom is -0.325 e. The number of carbonyl (C=O) groups excluding carboxylic acids is 1. The van der Waals surface area contributed by atoms with Crippen molar-refractivity contribution in [2.75, 3.05) is 6.54 Å². The molecule has 0 radical (unpaired) electrons. The molecular weight excluding hydrogens is 275 g/mol. The Morgan fingerprint density at radius 3 is 2.35 bits per heavy atom. The zero-order valence-electron chi connectivity index (χ0n) is 11.2. The molecule has 0 fully saturated rings. The SMILES string of the molecule is CCC(CC)N(CC(F)(F)F)C(=O)c1ccc(=O)[nH]n1. The van der Waals surface area contributed by atoms with Crippen LogP contribution in [0, 0.1) is 0 Å². The molecule has 1 heterocycles. The zero-order valence-corrected chi connectivity index (χ0v) is 11.2. The van der Waals surface area contributed by atoms with Gasteiger partial charge in [0, 0.05) is 12.1 Å². The van der Waals surface area contributed by atoms with Crippen LogP contribution in [-0.4, -0.2) is 39.8 Å². The number of nitrogens with zero attached hydrogens (tertiary/aromatic N) is 2. The van der Waals surface area contributed by atoms with Crippen LogP contribution in [0.5, 0.6) is 0 Å². The Morgan fingerprint density at radius 1 is 1.35 bits per heavy atom. The van der Waals surface area contributed by atoms with Crippen LogP contribution in [0.3, 0.4) is 0 Å². The van der Waals surface area contributed by atoms with Crippen LogP contribution in [-0.2, 0) is 0 Å². The van der Waals surface area contributed by atoms with Gasteiger partial charge >= 0.3 is 6.18 Å². The highest BCUT2D eigenvalue weighted by Crippen LogP contribution is 2.21. The lowest BCUT2D eigenvalue weighted by Crippen LogP contribution is -2.45. The van der Waals surface area contributed by atoms with Crippen molar-refractivity contribution in [3.05, 3.63) is 28.2 Å². The summed E-state index contributed by atoms with van der Waals surface area (Å²) in [5, 5.41) is 5.52. The van der Waals surface area contributed by atoms with Crippen LogP contribution in [0.15, 0.2) is 16.9 Å². The smallest absolute Gasteiger partial charge is 0.325 e. The fourth-order valence-corrected chi connectivity index (χ4v) is 1.90. The Kier molecular flexibility index (Phi) is 5.29. The monoisotopic (exact) mass is 291 g/mol. The predicted molar refractivity (Wildman–Crippen MR) is 66.3 cm³/mol. The van der Waals surface area contributed by atoms with Crippen molar-refractivity contribution >= 4 is 5.91 Å². The van der Waals surface area contributed by atoms with Gasteiger partial charge in [-0.15, -0.1) is 0 Å². The van der Waals surface area contributed by atoms with Crippen molar-refractivity contribution in [3.63, 3.8) is 0 Å². The summed E-state index contributed by atoms with van der Waals surface area (Å²) in [4.78, 5) is 23.8. The number of rotatable bonds is 5. The van der Waals surface area contributed by atoms with Gasteiger partial charge in [0.05, 0.1) is 0 Å². The fraction of sp³-hybridized carbons (Fsp3) is 0.583. The van der Waals surface area contributed by atoms with E-state index in [2.05, 4.69) is 5.10 Å². The molecule has 112 valence electrons. The Hall–Kier alpha value is -1.86. The number of halogens is 3. The third-order valence-corrected chi connectivity index (χ3v) is 2.89. The van der Waals surface area contributed by atoms with Gasteiger partial charge in [-0.3, -0.25) is 9.59 Å². The minimum atomic E-state index is -4.49. The second-order valence-electron chi connectivity index (χ2n) is 4.32. The molecule has 1 aromatic rings. The maximum atomic E-state index is 12.6. The predicted octanol–water partition coefficient (Wildman–Crippen LogP) is 1.96. The van der Waals surface area contributed by atoms with Crippen molar-refractivity contribution < 1.29 is 18.0 Å². The van der Waals surface area contributed by atoms with E-state index < -0.39 is 30.2 Å². The third kappa shape index (κ3) is 4.36. The molecule has 0 spiro atoms. The minimum absolute atomic E-state index is 0.208. The van der Waals surface area contributed by atoms with Crippen LogP contribution in [0.2, 0.25) is 0 Å². The number of aromatic amines is 1. The van der Waals surface area contributed by atoms with Crippen molar-refractivity contribution in [2.45, 2.75) is 38.9 Å². The van der Waals surface area contributed by atoms with E-state index in [1.165, 1.54) is 0 Å². The van der Waals surface area contributed by atoms with E-state index >= 15 is 0 Å². The first-order valence-electron chi connectivity index (χ1n) is 6.22. The van der Waals surface area contributed by atoms with Gasteiger partial charge < -0.3 is 4.90 Å². The van der Waals surface area contributed by atoms with Gasteiger partial charge in [0.15, 0.2) is 0 Å². The van der Waals surface area contributed by atoms with Crippen LogP contribution in [0.1, 0.15) is 37.2 Å². The van der Waals surface area contributed by atoms with Crippen molar-refractivity contribution in [1.29, 1.82) is 0 Å². The number of aromatic nitrogens is 2. The van der Waals surface area contributed by atoms with Crippen molar-refractivity contribution in [1.82, 2.24) is 15.1 Å². The molecule has 0 atom stereocenters. The molecule has 0 unspecified atom stereocenters. The molecule has 0 aliphatic rings. The van der Waals surface area contributed by atoms with Gasteiger partial charge in [0.25, 0.3) is 11.5 Å². The molecule has 1 N–H and O–H groups in total. The number of hydrogen-bond donors (Lipinski definition) is 1. The molecule has 1 aromatic heterocycles. The molecule has 0 aliphatic heterocycles. The Bertz CT molecular complexity index is 489. The van der Waals surface area contributed by atoms with E-state index in [4.69, 9.17) is 0 Å². The standard InChI is InChI=1S/C12H16F3N3O2/c1-3-8(4-2)18(7-12(13,14)15)11(20)9-5-6-10(19)17-16-9/h5-6,8H,3-4,7H2,1-2H3,(H,17,19). The van der Waals surface area contributed by atoms with Crippen LogP contribution in [0.25, 0.3) is 0 Å². The summed E-state index contributed by atoms with van der Waals surface area (Å²) in [6.45, 7) is 2.09. The molecule has 0 aromatic carbocycles. The highest BCUT2D eigenvalue weighted by Gasteiger charge is 2.36. The Balaban J connectivity index is 3.05.